The van der Waals surface area contributed by atoms with Crippen LogP contribution in [-0.4, -0.2) is 40.3 Å². The number of hydrogen-bond acceptors (Lipinski definition) is 6. The van der Waals surface area contributed by atoms with Crippen molar-refractivity contribution in [2.24, 2.45) is 0 Å². The van der Waals surface area contributed by atoms with Crippen molar-refractivity contribution in [2.75, 3.05) is 18.0 Å². The molecule has 0 bridgehead atoms. The topological polar surface area (TPSA) is 73.3 Å². The van der Waals surface area contributed by atoms with Gasteiger partial charge in [0.1, 0.15) is 11.6 Å². The van der Waals surface area contributed by atoms with Crippen molar-refractivity contribution < 1.29 is 5.11 Å². The van der Waals surface area contributed by atoms with Gasteiger partial charge in [0.15, 0.2) is 0 Å². The van der Waals surface area contributed by atoms with Gasteiger partial charge in [-0.15, -0.1) is 0 Å². The van der Waals surface area contributed by atoms with E-state index in [4.69, 9.17) is 0 Å². The number of aromatic nitrogens is 2. The molecule has 6 heteroatoms. The van der Waals surface area contributed by atoms with Crippen molar-refractivity contribution >= 4 is 5.82 Å². The van der Waals surface area contributed by atoms with Crippen molar-refractivity contribution in [3.05, 3.63) is 18.1 Å². The van der Waals surface area contributed by atoms with Gasteiger partial charge in [-0.1, -0.05) is 0 Å². The molecule has 2 aliphatic rings. The van der Waals surface area contributed by atoms with Gasteiger partial charge in [-0.2, -0.15) is 0 Å². The normalized spacial score (nSPS) is 32.1. The molecule has 2 aliphatic heterocycles. The SMILES string of the molecule is CC1CC(c2nccc(N3CCC(O)C3)n2)NN1. The third-order valence-corrected chi connectivity index (χ3v) is 3.55. The first-order valence-corrected chi connectivity index (χ1v) is 6.49. The quantitative estimate of drug-likeness (QED) is 0.684. The first-order valence-electron chi connectivity index (χ1n) is 6.49. The van der Waals surface area contributed by atoms with Crippen molar-refractivity contribution in [3.63, 3.8) is 0 Å². The molecule has 1 aromatic rings. The lowest BCUT2D eigenvalue weighted by molar-refractivity contribution is 0.198. The number of nitrogens with zero attached hydrogens (tertiary/aromatic N) is 3. The van der Waals surface area contributed by atoms with Crippen molar-refractivity contribution in [1.82, 2.24) is 20.8 Å². The Morgan fingerprint density at radius 3 is 3.00 bits per heavy atom. The molecule has 2 saturated heterocycles. The molecule has 3 N–H and O–H groups in total. The number of β-amino-alcohol motifs (C(OH)–C–C–N with tert-alkyl or cyclic N) is 1. The summed E-state index contributed by atoms with van der Waals surface area (Å²) in [5, 5.41) is 9.57. The fourth-order valence-electron chi connectivity index (χ4n) is 2.54. The van der Waals surface area contributed by atoms with E-state index in [9.17, 15) is 5.11 Å². The van der Waals surface area contributed by atoms with Crippen LogP contribution < -0.4 is 15.8 Å². The summed E-state index contributed by atoms with van der Waals surface area (Å²) in [4.78, 5) is 11.1. The van der Waals surface area contributed by atoms with Gasteiger partial charge in [-0.3, -0.25) is 5.43 Å². The molecule has 3 heterocycles. The maximum absolute atomic E-state index is 9.57. The van der Waals surface area contributed by atoms with Gasteiger partial charge in [0.25, 0.3) is 0 Å². The third kappa shape index (κ3) is 2.31. The Morgan fingerprint density at radius 1 is 1.44 bits per heavy atom. The first kappa shape index (κ1) is 11.8. The lowest BCUT2D eigenvalue weighted by Crippen LogP contribution is -2.30. The summed E-state index contributed by atoms with van der Waals surface area (Å²) in [7, 11) is 0. The van der Waals surface area contributed by atoms with Gasteiger partial charge in [0, 0.05) is 25.3 Å². The van der Waals surface area contributed by atoms with Gasteiger partial charge in [0.05, 0.1) is 12.1 Å². The predicted octanol–water partition coefficient (Wildman–Crippen LogP) is -0.0249. The van der Waals surface area contributed by atoms with E-state index in [1.807, 2.05) is 6.07 Å². The zero-order chi connectivity index (χ0) is 12.5. The van der Waals surface area contributed by atoms with Gasteiger partial charge in [0.2, 0.25) is 0 Å². The largest absolute Gasteiger partial charge is 0.391 e. The van der Waals surface area contributed by atoms with Crippen LogP contribution in [0.1, 0.15) is 31.6 Å². The number of hydrogen-bond donors (Lipinski definition) is 3. The average Bonchev–Trinajstić information content (AvgIpc) is 2.98. The molecule has 2 fully saturated rings. The highest BCUT2D eigenvalue weighted by atomic mass is 16.3. The van der Waals surface area contributed by atoms with Crippen LogP contribution in [0.5, 0.6) is 0 Å². The molecular weight excluding hydrogens is 230 g/mol. The van der Waals surface area contributed by atoms with Crippen LogP contribution in [0.25, 0.3) is 0 Å². The van der Waals surface area contributed by atoms with E-state index in [2.05, 4.69) is 32.6 Å². The minimum Gasteiger partial charge on any atom is -0.391 e. The van der Waals surface area contributed by atoms with Crippen LogP contribution in [0.4, 0.5) is 5.82 Å². The average molecular weight is 249 g/mol. The van der Waals surface area contributed by atoms with E-state index in [0.717, 1.165) is 31.0 Å². The van der Waals surface area contributed by atoms with E-state index in [0.29, 0.717) is 12.6 Å². The Bertz CT molecular complexity index is 391. The molecular formula is C12H19N5O. The fraction of sp³-hybridized carbons (Fsp3) is 0.667. The molecule has 0 aliphatic carbocycles. The summed E-state index contributed by atoms with van der Waals surface area (Å²) < 4.78 is 0. The third-order valence-electron chi connectivity index (χ3n) is 3.55. The molecule has 3 unspecified atom stereocenters. The maximum Gasteiger partial charge on any atom is 0.148 e. The molecule has 3 rings (SSSR count). The number of aliphatic hydroxyl groups excluding tert-OH is 1. The molecule has 98 valence electrons. The molecule has 6 nitrogen and oxygen atoms in total. The second-order valence-corrected chi connectivity index (χ2v) is 5.14. The minimum atomic E-state index is -0.227. The molecule has 0 radical (unpaired) electrons. The van der Waals surface area contributed by atoms with Crippen LogP contribution in [-0.2, 0) is 0 Å². The summed E-state index contributed by atoms with van der Waals surface area (Å²) in [5.74, 6) is 1.74. The Kier molecular flexibility index (Phi) is 3.15. The Hall–Kier alpha value is -1.24. The minimum absolute atomic E-state index is 0.174. The summed E-state index contributed by atoms with van der Waals surface area (Å²) in [6.07, 6.45) is 3.38. The van der Waals surface area contributed by atoms with Crippen LogP contribution in [0.3, 0.4) is 0 Å². The van der Waals surface area contributed by atoms with E-state index < -0.39 is 0 Å². The van der Waals surface area contributed by atoms with Crippen LogP contribution in [0.15, 0.2) is 12.3 Å². The summed E-state index contributed by atoms with van der Waals surface area (Å²) in [5.41, 5.74) is 6.39. The predicted molar refractivity (Wildman–Crippen MR) is 68.0 cm³/mol. The van der Waals surface area contributed by atoms with Crippen molar-refractivity contribution in [1.29, 1.82) is 0 Å². The number of rotatable bonds is 2. The molecule has 18 heavy (non-hydrogen) atoms. The van der Waals surface area contributed by atoms with E-state index in [-0.39, 0.29) is 12.1 Å². The number of hydrazine groups is 1. The standard InChI is InChI=1S/C12H19N5O/c1-8-6-10(16-15-8)12-13-4-2-11(14-12)17-5-3-9(18)7-17/h2,4,8-10,15-16,18H,3,5-7H2,1H3. The fourth-order valence-corrected chi connectivity index (χ4v) is 2.54. The molecule has 1 aromatic heterocycles. The Morgan fingerprint density at radius 2 is 2.33 bits per heavy atom. The summed E-state index contributed by atoms with van der Waals surface area (Å²) >= 11 is 0. The lowest BCUT2D eigenvalue weighted by Gasteiger charge is -2.18. The number of aliphatic hydroxyl groups is 1. The van der Waals surface area contributed by atoms with E-state index in [1.54, 1.807) is 6.20 Å². The molecule has 0 saturated carbocycles. The molecule has 0 aromatic carbocycles. The van der Waals surface area contributed by atoms with E-state index >= 15 is 0 Å². The smallest absolute Gasteiger partial charge is 0.148 e. The second-order valence-electron chi connectivity index (χ2n) is 5.14. The second kappa shape index (κ2) is 4.79. The van der Waals surface area contributed by atoms with Gasteiger partial charge < -0.3 is 10.0 Å². The maximum atomic E-state index is 9.57. The molecule has 0 amide bonds. The Labute approximate surface area is 106 Å². The van der Waals surface area contributed by atoms with Gasteiger partial charge in [-0.05, 0) is 25.8 Å². The zero-order valence-corrected chi connectivity index (χ0v) is 10.5. The highest BCUT2D eigenvalue weighted by Crippen LogP contribution is 2.22. The number of anilines is 1. The highest BCUT2D eigenvalue weighted by molar-refractivity contribution is 5.39. The Balaban J connectivity index is 1.77. The highest BCUT2D eigenvalue weighted by Gasteiger charge is 2.26. The van der Waals surface area contributed by atoms with Crippen molar-refractivity contribution in [3.8, 4) is 0 Å². The number of nitrogens with one attached hydrogen (secondary N) is 2. The first-order chi connectivity index (χ1) is 8.72. The lowest BCUT2D eigenvalue weighted by atomic mass is 10.1. The van der Waals surface area contributed by atoms with Gasteiger partial charge >= 0.3 is 0 Å². The zero-order valence-electron chi connectivity index (χ0n) is 10.5. The van der Waals surface area contributed by atoms with Gasteiger partial charge in [-0.25, -0.2) is 15.4 Å². The van der Waals surface area contributed by atoms with Crippen LogP contribution in [0.2, 0.25) is 0 Å². The van der Waals surface area contributed by atoms with Crippen molar-refractivity contribution in [2.45, 2.75) is 38.0 Å². The van der Waals surface area contributed by atoms with Crippen LogP contribution in [0, 0.1) is 0 Å². The molecule has 3 atom stereocenters. The molecule has 0 spiro atoms. The summed E-state index contributed by atoms with van der Waals surface area (Å²) in [6.45, 7) is 3.67. The monoisotopic (exact) mass is 249 g/mol. The van der Waals surface area contributed by atoms with Crippen LogP contribution >= 0.6 is 0 Å². The summed E-state index contributed by atoms with van der Waals surface area (Å²) in [6, 6.07) is 2.52. The van der Waals surface area contributed by atoms with E-state index in [1.165, 1.54) is 0 Å².